The highest BCUT2D eigenvalue weighted by Crippen LogP contribution is 2.18. The Kier molecular flexibility index (Phi) is 5.66. The van der Waals surface area contributed by atoms with Crippen molar-refractivity contribution in [2.24, 2.45) is 0 Å². The molecule has 0 spiro atoms. The van der Waals surface area contributed by atoms with Crippen LogP contribution in [0.25, 0.3) is 0 Å². The van der Waals surface area contributed by atoms with Crippen molar-refractivity contribution in [1.29, 1.82) is 0 Å². The maximum absolute atomic E-state index is 11.4. The van der Waals surface area contributed by atoms with Crippen molar-refractivity contribution in [2.75, 3.05) is 12.3 Å². The fourth-order valence-electron chi connectivity index (χ4n) is 1.68. The van der Waals surface area contributed by atoms with E-state index in [4.69, 9.17) is 10.5 Å². The van der Waals surface area contributed by atoms with Crippen molar-refractivity contribution in [1.82, 2.24) is 5.32 Å². The molecule has 0 unspecified atom stereocenters. The zero-order valence-electron chi connectivity index (χ0n) is 13.5. The van der Waals surface area contributed by atoms with E-state index in [1.807, 2.05) is 46.8 Å². The lowest BCUT2D eigenvalue weighted by atomic mass is 10.0. The SMILES string of the molecule is Cc1c(N)ccc(C#CCCNC(=O)OC(C)(C)C)c1C. The van der Waals surface area contributed by atoms with Crippen molar-refractivity contribution < 1.29 is 9.53 Å². The lowest BCUT2D eigenvalue weighted by Gasteiger charge is -2.19. The largest absolute Gasteiger partial charge is 0.444 e. The fourth-order valence-corrected chi connectivity index (χ4v) is 1.68. The van der Waals surface area contributed by atoms with Gasteiger partial charge in [-0.2, -0.15) is 0 Å². The molecule has 21 heavy (non-hydrogen) atoms. The molecule has 1 amide bonds. The van der Waals surface area contributed by atoms with Gasteiger partial charge in [0.2, 0.25) is 0 Å². The van der Waals surface area contributed by atoms with Crippen LogP contribution in [0.4, 0.5) is 10.5 Å². The number of hydrogen-bond donors (Lipinski definition) is 2. The second kappa shape index (κ2) is 7.03. The minimum atomic E-state index is -0.478. The van der Waals surface area contributed by atoms with Crippen molar-refractivity contribution in [3.05, 3.63) is 28.8 Å². The van der Waals surface area contributed by atoms with E-state index >= 15 is 0 Å². The number of nitrogen functional groups attached to an aromatic ring is 1. The predicted molar refractivity (Wildman–Crippen MR) is 86.1 cm³/mol. The highest BCUT2D eigenvalue weighted by molar-refractivity contribution is 5.67. The second-order valence-electron chi connectivity index (χ2n) is 5.93. The van der Waals surface area contributed by atoms with Gasteiger partial charge in [-0.15, -0.1) is 0 Å². The minimum Gasteiger partial charge on any atom is -0.444 e. The molecule has 0 saturated heterocycles. The molecule has 114 valence electrons. The van der Waals surface area contributed by atoms with Crippen LogP contribution in [0, 0.1) is 25.7 Å². The third-order valence-corrected chi connectivity index (χ3v) is 2.97. The summed E-state index contributed by atoms with van der Waals surface area (Å²) in [5.74, 6) is 6.15. The predicted octanol–water partition coefficient (Wildman–Crippen LogP) is 3.15. The van der Waals surface area contributed by atoms with Crippen molar-refractivity contribution in [3.63, 3.8) is 0 Å². The van der Waals surface area contributed by atoms with E-state index in [1.165, 1.54) is 0 Å². The second-order valence-corrected chi connectivity index (χ2v) is 5.93. The van der Waals surface area contributed by atoms with Gasteiger partial charge in [-0.25, -0.2) is 4.79 Å². The third-order valence-electron chi connectivity index (χ3n) is 2.97. The summed E-state index contributed by atoms with van der Waals surface area (Å²) in [7, 11) is 0. The topological polar surface area (TPSA) is 64.3 Å². The molecular weight excluding hydrogens is 264 g/mol. The Morgan fingerprint density at radius 3 is 2.57 bits per heavy atom. The first-order valence-electron chi connectivity index (χ1n) is 7.02. The third kappa shape index (κ3) is 5.78. The van der Waals surface area contributed by atoms with Gasteiger partial charge in [0.15, 0.2) is 0 Å². The molecule has 1 aromatic rings. The molecule has 1 rings (SSSR count). The van der Waals surface area contributed by atoms with Crippen LogP contribution >= 0.6 is 0 Å². The normalized spacial score (nSPS) is 10.5. The van der Waals surface area contributed by atoms with E-state index in [0.717, 1.165) is 22.4 Å². The number of carbonyl (C=O) groups excluding carboxylic acids is 1. The summed E-state index contributed by atoms with van der Waals surface area (Å²) >= 11 is 0. The Morgan fingerprint density at radius 2 is 1.95 bits per heavy atom. The lowest BCUT2D eigenvalue weighted by molar-refractivity contribution is 0.0529. The fraction of sp³-hybridized carbons (Fsp3) is 0.471. The molecule has 0 aliphatic carbocycles. The molecule has 0 radical (unpaired) electrons. The molecule has 4 nitrogen and oxygen atoms in total. The van der Waals surface area contributed by atoms with E-state index < -0.39 is 11.7 Å². The van der Waals surface area contributed by atoms with Crippen LogP contribution in [0.5, 0.6) is 0 Å². The molecule has 3 N–H and O–H groups in total. The average Bonchev–Trinajstić information content (AvgIpc) is 2.36. The van der Waals surface area contributed by atoms with Crippen LogP contribution in [0.1, 0.15) is 43.9 Å². The van der Waals surface area contributed by atoms with Gasteiger partial charge in [-0.1, -0.05) is 11.8 Å². The van der Waals surface area contributed by atoms with Crippen LogP contribution in [0.15, 0.2) is 12.1 Å². The number of ether oxygens (including phenoxy) is 1. The molecule has 1 aromatic carbocycles. The van der Waals surface area contributed by atoms with Crippen LogP contribution in [-0.4, -0.2) is 18.2 Å². The number of amides is 1. The summed E-state index contributed by atoms with van der Waals surface area (Å²) in [5.41, 5.74) is 9.28. The number of benzene rings is 1. The van der Waals surface area contributed by atoms with E-state index in [2.05, 4.69) is 17.2 Å². The standard InChI is InChI=1S/C17H24N2O2/c1-12-13(2)15(18)10-9-14(12)8-6-7-11-19-16(20)21-17(3,4)5/h9-10H,7,11,18H2,1-5H3,(H,19,20). The monoisotopic (exact) mass is 288 g/mol. The molecule has 0 heterocycles. The summed E-state index contributed by atoms with van der Waals surface area (Å²) < 4.78 is 5.14. The van der Waals surface area contributed by atoms with Gasteiger partial charge >= 0.3 is 6.09 Å². The smallest absolute Gasteiger partial charge is 0.407 e. The highest BCUT2D eigenvalue weighted by atomic mass is 16.6. The van der Waals surface area contributed by atoms with Crippen molar-refractivity contribution >= 4 is 11.8 Å². The van der Waals surface area contributed by atoms with Gasteiger partial charge in [-0.3, -0.25) is 0 Å². The van der Waals surface area contributed by atoms with Crippen molar-refractivity contribution in [2.45, 2.75) is 46.6 Å². The highest BCUT2D eigenvalue weighted by Gasteiger charge is 2.15. The minimum absolute atomic E-state index is 0.413. The Hall–Kier alpha value is -2.15. The first kappa shape index (κ1) is 16.9. The van der Waals surface area contributed by atoms with E-state index in [1.54, 1.807) is 0 Å². The number of hydrogen-bond acceptors (Lipinski definition) is 3. The Morgan fingerprint density at radius 1 is 1.29 bits per heavy atom. The van der Waals surface area contributed by atoms with Crippen LogP contribution in [-0.2, 0) is 4.74 Å². The maximum atomic E-state index is 11.4. The van der Waals surface area contributed by atoms with Crippen LogP contribution in [0.3, 0.4) is 0 Å². The van der Waals surface area contributed by atoms with Gasteiger partial charge in [0.05, 0.1) is 0 Å². The van der Waals surface area contributed by atoms with Gasteiger partial charge in [0, 0.05) is 24.2 Å². The van der Waals surface area contributed by atoms with E-state index in [0.29, 0.717) is 13.0 Å². The number of rotatable bonds is 2. The summed E-state index contributed by atoms with van der Waals surface area (Å²) in [6.07, 6.45) is 0.158. The molecule has 0 bridgehead atoms. The first-order chi connectivity index (χ1) is 9.70. The number of nitrogens with one attached hydrogen (secondary N) is 1. The molecule has 0 aliphatic heterocycles. The molecule has 0 aliphatic rings. The zero-order valence-corrected chi connectivity index (χ0v) is 13.5. The number of nitrogens with two attached hydrogens (primary N) is 1. The molecule has 0 atom stereocenters. The Balaban J connectivity index is 2.48. The quantitative estimate of drug-likeness (QED) is 0.499. The Bertz CT molecular complexity index is 575. The molecule has 0 fully saturated rings. The van der Waals surface area contributed by atoms with Gasteiger partial charge < -0.3 is 15.8 Å². The number of anilines is 1. The summed E-state index contributed by atoms with van der Waals surface area (Å²) in [6.45, 7) is 9.96. The Labute approximate surface area is 127 Å². The van der Waals surface area contributed by atoms with Gasteiger partial charge in [0.1, 0.15) is 5.60 Å². The van der Waals surface area contributed by atoms with Crippen LogP contribution < -0.4 is 11.1 Å². The van der Waals surface area contributed by atoms with Gasteiger partial charge in [-0.05, 0) is 57.9 Å². The lowest BCUT2D eigenvalue weighted by Crippen LogP contribution is -2.32. The zero-order chi connectivity index (χ0) is 16.0. The van der Waals surface area contributed by atoms with E-state index in [9.17, 15) is 4.79 Å². The molecule has 0 saturated carbocycles. The summed E-state index contributed by atoms with van der Waals surface area (Å²) in [5, 5.41) is 2.68. The van der Waals surface area contributed by atoms with Crippen LogP contribution in [0.2, 0.25) is 0 Å². The van der Waals surface area contributed by atoms with Gasteiger partial charge in [0.25, 0.3) is 0 Å². The average molecular weight is 288 g/mol. The summed E-state index contributed by atoms with van der Waals surface area (Å²) in [4.78, 5) is 11.4. The first-order valence-corrected chi connectivity index (χ1v) is 7.02. The molecule has 0 aromatic heterocycles. The number of carbonyl (C=O) groups is 1. The summed E-state index contributed by atoms with van der Waals surface area (Å²) in [6, 6.07) is 3.79. The maximum Gasteiger partial charge on any atom is 0.407 e. The van der Waals surface area contributed by atoms with Crippen molar-refractivity contribution in [3.8, 4) is 11.8 Å². The molecule has 4 heteroatoms. The van der Waals surface area contributed by atoms with E-state index in [-0.39, 0.29) is 0 Å². The number of alkyl carbamates (subject to hydrolysis) is 1. The molecular formula is C17H24N2O2.